The first-order valence-electron chi connectivity index (χ1n) is 6.24. The summed E-state index contributed by atoms with van der Waals surface area (Å²) < 4.78 is 26.8. The van der Waals surface area contributed by atoms with Crippen molar-refractivity contribution in [1.82, 2.24) is 5.32 Å². The standard InChI is InChI=1S/C14H18ClF2NO/c1-9(2)13(6-7-15)18-14(19)8-10-11(16)4-3-5-12(10)17/h3-5,9,13H,6-8H2,1-2H3,(H,18,19). The lowest BCUT2D eigenvalue weighted by Crippen LogP contribution is -2.39. The monoisotopic (exact) mass is 289 g/mol. The molecule has 1 N–H and O–H groups in total. The van der Waals surface area contributed by atoms with Gasteiger partial charge < -0.3 is 5.32 Å². The van der Waals surface area contributed by atoms with Gasteiger partial charge in [0, 0.05) is 17.5 Å². The molecule has 1 amide bonds. The van der Waals surface area contributed by atoms with E-state index < -0.39 is 17.5 Å². The number of benzene rings is 1. The van der Waals surface area contributed by atoms with E-state index in [1.165, 1.54) is 6.07 Å². The zero-order valence-corrected chi connectivity index (χ0v) is 11.8. The summed E-state index contributed by atoms with van der Waals surface area (Å²) in [7, 11) is 0. The highest BCUT2D eigenvalue weighted by Crippen LogP contribution is 2.13. The van der Waals surface area contributed by atoms with Crippen LogP contribution in [-0.4, -0.2) is 17.8 Å². The smallest absolute Gasteiger partial charge is 0.224 e. The van der Waals surface area contributed by atoms with Crippen molar-refractivity contribution in [1.29, 1.82) is 0 Å². The first-order chi connectivity index (χ1) is 8.95. The molecule has 0 saturated heterocycles. The van der Waals surface area contributed by atoms with E-state index in [-0.39, 0.29) is 23.9 Å². The number of rotatable bonds is 6. The molecule has 0 bridgehead atoms. The van der Waals surface area contributed by atoms with Crippen molar-refractivity contribution in [2.75, 3.05) is 5.88 Å². The number of nitrogens with one attached hydrogen (secondary N) is 1. The van der Waals surface area contributed by atoms with Crippen LogP contribution in [0.4, 0.5) is 8.78 Å². The third kappa shape index (κ3) is 4.78. The first kappa shape index (κ1) is 15.9. The molecule has 1 aromatic carbocycles. The van der Waals surface area contributed by atoms with Crippen LogP contribution in [0.15, 0.2) is 18.2 Å². The molecule has 1 rings (SSSR count). The van der Waals surface area contributed by atoms with Gasteiger partial charge in [-0.25, -0.2) is 8.78 Å². The molecule has 19 heavy (non-hydrogen) atoms. The van der Waals surface area contributed by atoms with E-state index in [4.69, 9.17) is 11.6 Å². The summed E-state index contributed by atoms with van der Waals surface area (Å²) in [5, 5.41) is 2.76. The lowest BCUT2D eigenvalue weighted by Gasteiger charge is -2.21. The van der Waals surface area contributed by atoms with Gasteiger partial charge in [0.25, 0.3) is 0 Å². The molecule has 1 aromatic rings. The van der Waals surface area contributed by atoms with Gasteiger partial charge in [0.05, 0.1) is 6.42 Å². The van der Waals surface area contributed by atoms with Crippen LogP contribution in [0.5, 0.6) is 0 Å². The molecule has 0 aliphatic rings. The first-order valence-corrected chi connectivity index (χ1v) is 6.77. The van der Waals surface area contributed by atoms with E-state index in [0.29, 0.717) is 12.3 Å². The van der Waals surface area contributed by atoms with Crippen molar-refractivity contribution in [3.63, 3.8) is 0 Å². The van der Waals surface area contributed by atoms with E-state index in [0.717, 1.165) is 12.1 Å². The highest BCUT2D eigenvalue weighted by Gasteiger charge is 2.18. The summed E-state index contributed by atoms with van der Waals surface area (Å²) in [6.07, 6.45) is 0.328. The van der Waals surface area contributed by atoms with E-state index in [1.807, 2.05) is 13.8 Å². The number of hydrogen-bond donors (Lipinski definition) is 1. The van der Waals surface area contributed by atoms with Gasteiger partial charge in [0.15, 0.2) is 0 Å². The maximum atomic E-state index is 13.4. The van der Waals surface area contributed by atoms with Crippen LogP contribution in [0.3, 0.4) is 0 Å². The lowest BCUT2D eigenvalue weighted by molar-refractivity contribution is -0.121. The van der Waals surface area contributed by atoms with Crippen molar-refractivity contribution < 1.29 is 13.6 Å². The Hall–Kier alpha value is -1.16. The molecule has 1 unspecified atom stereocenters. The number of amides is 1. The Morgan fingerprint density at radius 3 is 2.37 bits per heavy atom. The Labute approximate surface area is 117 Å². The molecule has 2 nitrogen and oxygen atoms in total. The SMILES string of the molecule is CC(C)C(CCCl)NC(=O)Cc1c(F)cccc1F. The summed E-state index contributed by atoms with van der Waals surface area (Å²) in [4.78, 5) is 11.8. The summed E-state index contributed by atoms with van der Waals surface area (Å²) in [5.41, 5.74) is -0.201. The fourth-order valence-electron chi connectivity index (χ4n) is 1.81. The van der Waals surface area contributed by atoms with E-state index in [2.05, 4.69) is 5.32 Å². The van der Waals surface area contributed by atoms with Crippen LogP contribution in [0.1, 0.15) is 25.8 Å². The zero-order valence-electron chi connectivity index (χ0n) is 11.1. The van der Waals surface area contributed by atoms with Crippen molar-refractivity contribution >= 4 is 17.5 Å². The van der Waals surface area contributed by atoms with Crippen LogP contribution < -0.4 is 5.32 Å². The van der Waals surface area contributed by atoms with Gasteiger partial charge in [-0.05, 0) is 24.5 Å². The minimum Gasteiger partial charge on any atom is -0.353 e. The van der Waals surface area contributed by atoms with Crippen LogP contribution >= 0.6 is 11.6 Å². The molecule has 0 spiro atoms. The Balaban J connectivity index is 2.69. The van der Waals surface area contributed by atoms with Crippen molar-refractivity contribution in [3.8, 4) is 0 Å². The van der Waals surface area contributed by atoms with Crippen molar-refractivity contribution in [2.45, 2.75) is 32.7 Å². The summed E-state index contributed by atoms with van der Waals surface area (Å²) in [6, 6.07) is 3.48. The number of carbonyl (C=O) groups excluding carboxylic acids is 1. The van der Waals surface area contributed by atoms with Crippen LogP contribution in [0.2, 0.25) is 0 Å². The Morgan fingerprint density at radius 2 is 1.89 bits per heavy atom. The largest absolute Gasteiger partial charge is 0.353 e. The second kappa shape index (κ2) is 7.43. The number of halogens is 3. The Bertz CT molecular complexity index is 417. The van der Waals surface area contributed by atoms with E-state index in [9.17, 15) is 13.6 Å². The summed E-state index contributed by atoms with van der Waals surface area (Å²) in [6.45, 7) is 3.92. The molecule has 0 aliphatic heterocycles. The predicted octanol–water partition coefficient (Wildman–Crippen LogP) is 3.28. The highest BCUT2D eigenvalue weighted by molar-refractivity contribution is 6.17. The second-order valence-corrected chi connectivity index (χ2v) is 5.15. The lowest BCUT2D eigenvalue weighted by atomic mass is 10.0. The molecule has 0 saturated carbocycles. The molecular formula is C14H18ClF2NO. The quantitative estimate of drug-likeness (QED) is 0.800. The van der Waals surface area contributed by atoms with Crippen molar-refractivity contribution in [3.05, 3.63) is 35.4 Å². The normalized spacial score (nSPS) is 12.5. The van der Waals surface area contributed by atoms with Crippen LogP contribution in [0.25, 0.3) is 0 Å². The Kier molecular flexibility index (Phi) is 6.22. The number of hydrogen-bond acceptors (Lipinski definition) is 1. The van der Waals surface area contributed by atoms with Gasteiger partial charge in [-0.2, -0.15) is 0 Å². The van der Waals surface area contributed by atoms with Gasteiger partial charge in [0.2, 0.25) is 5.91 Å². The highest BCUT2D eigenvalue weighted by atomic mass is 35.5. The van der Waals surface area contributed by atoms with E-state index >= 15 is 0 Å². The van der Waals surface area contributed by atoms with E-state index in [1.54, 1.807) is 0 Å². The number of carbonyl (C=O) groups is 1. The third-order valence-electron chi connectivity index (χ3n) is 2.97. The minimum atomic E-state index is -0.700. The van der Waals surface area contributed by atoms with Crippen LogP contribution in [-0.2, 0) is 11.2 Å². The molecule has 0 heterocycles. The molecule has 106 valence electrons. The molecule has 5 heteroatoms. The maximum Gasteiger partial charge on any atom is 0.224 e. The third-order valence-corrected chi connectivity index (χ3v) is 3.19. The minimum absolute atomic E-state index is 0.0835. The van der Waals surface area contributed by atoms with Gasteiger partial charge in [-0.1, -0.05) is 19.9 Å². The van der Waals surface area contributed by atoms with Crippen LogP contribution in [0, 0.1) is 17.6 Å². The van der Waals surface area contributed by atoms with Gasteiger partial charge in [-0.15, -0.1) is 11.6 Å². The fraction of sp³-hybridized carbons (Fsp3) is 0.500. The molecular weight excluding hydrogens is 272 g/mol. The van der Waals surface area contributed by atoms with Crippen molar-refractivity contribution in [2.24, 2.45) is 5.92 Å². The Morgan fingerprint density at radius 1 is 1.32 bits per heavy atom. The maximum absolute atomic E-state index is 13.4. The average Bonchev–Trinajstić information content (AvgIpc) is 2.33. The van der Waals surface area contributed by atoms with Gasteiger partial charge in [-0.3, -0.25) is 4.79 Å². The summed E-state index contributed by atoms with van der Waals surface area (Å²) in [5.74, 6) is -1.15. The second-order valence-electron chi connectivity index (χ2n) is 4.77. The molecule has 1 atom stereocenters. The fourth-order valence-corrected chi connectivity index (χ4v) is 2.04. The summed E-state index contributed by atoms with van der Waals surface area (Å²) >= 11 is 5.66. The molecule has 0 radical (unpaired) electrons. The molecule has 0 aromatic heterocycles. The van der Waals surface area contributed by atoms with Gasteiger partial charge >= 0.3 is 0 Å². The predicted molar refractivity (Wildman–Crippen MR) is 72.2 cm³/mol. The average molecular weight is 290 g/mol. The van der Waals surface area contributed by atoms with Gasteiger partial charge in [0.1, 0.15) is 11.6 Å². The molecule has 0 fully saturated rings. The zero-order chi connectivity index (χ0) is 14.4. The topological polar surface area (TPSA) is 29.1 Å². The number of alkyl halides is 1. The molecule has 0 aliphatic carbocycles.